The van der Waals surface area contributed by atoms with Crippen LogP contribution >= 0.6 is 0 Å². The molecular weight excluding hydrogens is 332 g/mol. The SMILES string of the molecule is CNc1cc([C@@H]2CCCN2C(=O)CNc2ccc3nncn3n2)ccn1. The van der Waals surface area contributed by atoms with Crippen molar-refractivity contribution in [2.75, 3.05) is 30.8 Å². The number of carbonyl (C=O) groups is 1. The molecule has 134 valence electrons. The molecule has 1 fully saturated rings. The summed E-state index contributed by atoms with van der Waals surface area (Å²) in [6.07, 6.45) is 5.27. The highest BCUT2D eigenvalue weighted by Crippen LogP contribution is 2.32. The average molecular weight is 352 g/mol. The maximum atomic E-state index is 12.7. The minimum absolute atomic E-state index is 0.0565. The van der Waals surface area contributed by atoms with E-state index in [0.29, 0.717) is 11.5 Å². The molecule has 26 heavy (non-hydrogen) atoms. The van der Waals surface area contributed by atoms with Gasteiger partial charge in [0.2, 0.25) is 5.91 Å². The van der Waals surface area contributed by atoms with Gasteiger partial charge in [0.05, 0.1) is 12.6 Å². The number of hydrogen-bond acceptors (Lipinski definition) is 7. The molecule has 0 aliphatic carbocycles. The number of nitrogens with zero attached hydrogens (tertiary/aromatic N) is 6. The Kier molecular flexibility index (Phi) is 4.34. The molecule has 0 saturated carbocycles. The van der Waals surface area contributed by atoms with E-state index in [9.17, 15) is 4.79 Å². The third kappa shape index (κ3) is 3.15. The summed E-state index contributed by atoms with van der Waals surface area (Å²) >= 11 is 0. The Morgan fingerprint density at radius 3 is 3.12 bits per heavy atom. The molecule has 1 saturated heterocycles. The van der Waals surface area contributed by atoms with E-state index in [-0.39, 0.29) is 18.5 Å². The minimum atomic E-state index is 0.0565. The predicted octanol–water partition coefficient (Wildman–Crippen LogP) is 1.34. The fraction of sp³-hybridized carbons (Fsp3) is 0.353. The van der Waals surface area contributed by atoms with E-state index in [4.69, 9.17) is 0 Å². The number of carbonyl (C=O) groups excluding carboxylic acids is 1. The molecule has 1 atom stereocenters. The molecule has 0 bridgehead atoms. The van der Waals surface area contributed by atoms with Crippen molar-refractivity contribution in [2.45, 2.75) is 18.9 Å². The summed E-state index contributed by atoms with van der Waals surface area (Å²) in [5.74, 6) is 1.48. The van der Waals surface area contributed by atoms with E-state index in [1.807, 2.05) is 30.1 Å². The largest absolute Gasteiger partial charge is 0.373 e. The van der Waals surface area contributed by atoms with Crippen LogP contribution in [-0.4, -0.2) is 55.7 Å². The molecule has 0 radical (unpaired) electrons. The predicted molar refractivity (Wildman–Crippen MR) is 96.7 cm³/mol. The van der Waals surface area contributed by atoms with Crippen molar-refractivity contribution in [3.05, 3.63) is 42.4 Å². The summed E-state index contributed by atoms with van der Waals surface area (Å²) in [4.78, 5) is 18.9. The second-order valence-corrected chi connectivity index (χ2v) is 6.18. The molecule has 9 nitrogen and oxygen atoms in total. The lowest BCUT2D eigenvalue weighted by atomic mass is 10.1. The van der Waals surface area contributed by atoms with Gasteiger partial charge >= 0.3 is 0 Å². The number of rotatable bonds is 5. The van der Waals surface area contributed by atoms with Crippen LogP contribution in [0.4, 0.5) is 11.6 Å². The number of fused-ring (bicyclic) bond motifs is 1. The van der Waals surface area contributed by atoms with Crippen LogP contribution in [0.25, 0.3) is 5.65 Å². The molecule has 0 aromatic carbocycles. The molecular formula is C17H20N8O. The van der Waals surface area contributed by atoms with E-state index in [1.54, 1.807) is 16.8 Å². The lowest BCUT2D eigenvalue weighted by Gasteiger charge is -2.25. The van der Waals surface area contributed by atoms with E-state index >= 15 is 0 Å². The van der Waals surface area contributed by atoms with E-state index in [0.717, 1.165) is 30.8 Å². The zero-order chi connectivity index (χ0) is 17.9. The van der Waals surface area contributed by atoms with Crippen molar-refractivity contribution in [3.8, 4) is 0 Å². The number of nitrogens with one attached hydrogen (secondary N) is 2. The fourth-order valence-electron chi connectivity index (χ4n) is 3.29. The molecule has 9 heteroatoms. The van der Waals surface area contributed by atoms with Crippen LogP contribution in [0.1, 0.15) is 24.4 Å². The lowest BCUT2D eigenvalue weighted by Crippen LogP contribution is -2.35. The Hall–Kier alpha value is -3.23. The van der Waals surface area contributed by atoms with Gasteiger partial charge in [-0.3, -0.25) is 4.79 Å². The summed E-state index contributed by atoms with van der Waals surface area (Å²) < 4.78 is 1.57. The summed E-state index contributed by atoms with van der Waals surface area (Å²) in [5.41, 5.74) is 1.78. The van der Waals surface area contributed by atoms with Gasteiger partial charge in [0.15, 0.2) is 5.65 Å². The third-order valence-electron chi connectivity index (χ3n) is 4.58. The van der Waals surface area contributed by atoms with Gasteiger partial charge in [-0.05, 0) is 42.7 Å². The highest BCUT2D eigenvalue weighted by molar-refractivity contribution is 5.81. The molecule has 3 aromatic rings. The standard InChI is InChI=1S/C17H20N8O/c1-18-15-9-12(6-7-19-15)13-3-2-8-24(13)17(26)10-20-14-4-5-16-22-21-11-25(16)23-14/h4-7,9,11,13H,2-3,8,10H2,1H3,(H,18,19)(H,20,23)/t13-/m0/s1. The van der Waals surface area contributed by atoms with Gasteiger partial charge < -0.3 is 15.5 Å². The maximum Gasteiger partial charge on any atom is 0.242 e. The molecule has 1 amide bonds. The van der Waals surface area contributed by atoms with Crippen LogP contribution in [0.15, 0.2) is 36.8 Å². The smallest absolute Gasteiger partial charge is 0.242 e. The first kappa shape index (κ1) is 16.2. The number of amides is 1. The lowest BCUT2D eigenvalue weighted by molar-refractivity contribution is -0.130. The highest BCUT2D eigenvalue weighted by Gasteiger charge is 2.29. The van der Waals surface area contributed by atoms with Crippen LogP contribution < -0.4 is 10.6 Å². The Bertz CT molecular complexity index is 924. The van der Waals surface area contributed by atoms with Crippen molar-refractivity contribution >= 4 is 23.2 Å². The average Bonchev–Trinajstić information content (AvgIpc) is 3.35. The summed E-state index contributed by atoms with van der Waals surface area (Å²) in [7, 11) is 1.84. The molecule has 1 aliphatic heterocycles. The molecule has 4 rings (SSSR count). The number of anilines is 2. The Labute approximate surface area is 150 Å². The van der Waals surface area contributed by atoms with E-state index in [1.165, 1.54) is 6.33 Å². The molecule has 3 aromatic heterocycles. The van der Waals surface area contributed by atoms with E-state index < -0.39 is 0 Å². The summed E-state index contributed by atoms with van der Waals surface area (Å²) in [6.45, 7) is 0.960. The molecule has 1 aliphatic rings. The molecule has 4 heterocycles. The van der Waals surface area contributed by atoms with Gasteiger partial charge in [-0.1, -0.05) is 0 Å². The van der Waals surface area contributed by atoms with Crippen molar-refractivity contribution in [2.24, 2.45) is 0 Å². The number of pyridine rings is 1. The van der Waals surface area contributed by atoms with Crippen LogP contribution in [0.2, 0.25) is 0 Å². The maximum absolute atomic E-state index is 12.7. The number of hydrogen-bond donors (Lipinski definition) is 2. The quantitative estimate of drug-likeness (QED) is 0.714. The van der Waals surface area contributed by atoms with Gasteiger partial charge in [0.25, 0.3) is 0 Å². The van der Waals surface area contributed by atoms with Gasteiger partial charge in [-0.2, -0.15) is 4.52 Å². The fourth-order valence-corrected chi connectivity index (χ4v) is 3.29. The molecule has 2 N–H and O–H groups in total. The first-order valence-electron chi connectivity index (χ1n) is 8.59. The molecule has 0 spiro atoms. The van der Waals surface area contributed by atoms with Gasteiger partial charge in [0, 0.05) is 19.8 Å². The van der Waals surface area contributed by atoms with Crippen molar-refractivity contribution < 1.29 is 4.79 Å². The van der Waals surface area contributed by atoms with Crippen LogP contribution in [0, 0.1) is 0 Å². The Morgan fingerprint density at radius 2 is 2.23 bits per heavy atom. The van der Waals surface area contributed by atoms with Gasteiger partial charge in [-0.15, -0.1) is 15.3 Å². The monoisotopic (exact) mass is 352 g/mol. The normalized spacial score (nSPS) is 16.8. The van der Waals surface area contributed by atoms with E-state index in [2.05, 4.69) is 30.9 Å². The summed E-state index contributed by atoms with van der Waals surface area (Å²) in [6, 6.07) is 7.67. The van der Waals surface area contributed by atoms with Crippen molar-refractivity contribution in [1.29, 1.82) is 0 Å². The van der Waals surface area contributed by atoms with Crippen LogP contribution in [0.3, 0.4) is 0 Å². The third-order valence-corrected chi connectivity index (χ3v) is 4.58. The highest BCUT2D eigenvalue weighted by atomic mass is 16.2. The number of aromatic nitrogens is 5. The second-order valence-electron chi connectivity index (χ2n) is 6.18. The van der Waals surface area contributed by atoms with Crippen molar-refractivity contribution in [1.82, 2.24) is 29.7 Å². The van der Waals surface area contributed by atoms with Gasteiger partial charge in [0.1, 0.15) is 18.0 Å². The topological polar surface area (TPSA) is 100 Å². The van der Waals surface area contributed by atoms with Crippen molar-refractivity contribution in [3.63, 3.8) is 0 Å². The van der Waals surface area contributed by atoms with Crippen LogP contribution in [0.5, 0.6) is 0 Å². The Morgan fingerprint density at radius 1 is 1.31 bits per heavy atom. The van der Waals surface area contributed by atoms with Crippen LogP contribution in [-0.2, 0) is 4.79 Å². The Balaban J connectivity index is 1.44. The minimum Gasteiger partial charge on any atom is -0.373 e. The first-order valence-corrected chi connectivity index (χ1v) is 8.59. The van der Waals surface area contributed by atoms with Gasteiger partial charge in [-0.25, -0.2) is 4.98 Å². The zero-order valence-corrected chi connectivity index (χ0v) is 14.5. The zero-order valence-electron chi connectivity index (χ0n) is 14.5. The molecule has 0 unspecified atom stereocenters. The first-order chi connectivity index (χ1) is 12.7. The summed E-state index contributed by atoms with van der Waals surface area (Å²) in [5, 5.41) is 18.2. The second kappa shape index (κ2) is 6.95. The number of likely N-dealkylation sites (tertiary alicyclic amines) is 1.